The lowest BCUT2D eigenvalue weighted by molar-refractivity contribution is -0.116. The maximum atomic E-state index is 15.0. The molecule has 230 valence electrons. The highest BCUT2D eigenvalue weighted by Gasteiger charge is 2.36. The summed E-state index contributed by atoms with van der Waals surface area (Å²) >= 11 is 0. The third-order valence-electron chi connectivity index (χ3n) is 7.41. The Morgan fingerprint density at radius 3 is 2.02 bits per heavy atom. The summed E-state index contributed by atoms with van der Waals surface area (Å²) in [5.41, 5.74) is -2.50. The lowest BCUT2D eigenvalue weighted by atomic mass is 9.84. The number of aromatic hydroxyl groups is 1. The van der Waals surface area contributed by atoms with Gasteiger partial charge in [-0.05, 0) is 48.9 Å². The Morgan fingerprint density at radius 2 is 1.49 bits per heavy atom. The van der Waals surface area contributed by atoms with Crippen molar-refractivity contribution in [1.82, 2.24) is 0 Å². The second-order valence-electron chi connectivity index (χ2n) is 10.3. The number of halogens is 5. The van der Waals surface area contributed by atoms with Crippen LogP contribution in [0.15, 0.2) is 42.5 Å². The fourth-order valence-corrected chi connectivity index (χ4v) is 6.04. The number of carboxylic acids is 1. The molecule has 1 aliphatic rings. The molecule has 14 heteroatoms. The highest BCUT2D eigenvalue weighted by molar-refractivity contribution is 7.93. The number of benzene rings is 3. The van der Waals surface area contributed by atoms with Gasteiger partial charge in [-0.15, -0.1) is 0 Å². The molecule has 8 nitrogen and oxygen atoms in total. The summed E-state index contributed by atoms with van der Waals surface area (Å²) in [5, 5.41) is 19.4. The molecule has 4 rings (SSSR count). The zero-order chi connectivity index (χ0) is 31.6. The molecule has 0 unspecified atom stereocenters. The summed E-state index contributed by atoms with van der Waals surface area (Å²) in [7, 11) is -5.60. The van der Waals surface area contributed by atoms with Crippen molar-refractivity contribution in [2.24, 2.45) is 0 Å². The summed E-state index contributed by atoms with van der Waals surface area (Å²) in [4.78, 5) is 25.4. The van der Waals surface area contributed by atoms with Crippen LogP contribution in [0.25, 0.3) is 0 Å². The number of aromatic carboxylic acids is 1. The molecule has 3 aromatic rings. The molecular weight excluding hydrogens is 599 g/mol. The quantitative estimate of drug-likeness (QED) is 0.165. The molecule has 0 aromatic heterocycles. The Labute approximate surface area is 244 Å². The Hall–Kier alpha value is -4.20. The number of amides is 1. The first kappa shape index (κ1) is 31.7. The molecule has 0 atom stereocenters. The first-order chi connectivity index (χ1) is 20.2. The fraction of sp³-hybridized carbons (Fsp3) is 0.310. The van der Waals surface area contributed by atoms with Gasteiger partial charge >= 0.3 is 5.97 Å². The van der Waals surface area contributed by atoms with E-state index in [9.17, 15) is 50.3 Å². The lowest BCUT2D eigenvalue weighted by Crippen LogP contribution is -2.39. The van der Waals surface area contributed by atoms with E-state index in [0.29, 0.717) is 18.4 Å². The number of hydrogen-bond donors (Lipinski definition) is 2. The summed E-state index contributed by atoms with van der Waals surface area (Å²) in [6, 6.07) is 10.0. The largest absolute Gasteiger partial charge is 0.507 e. The zero-order valence-electron chi connectivity index (χ0n) is 22.8. The summed E-state index contributed by atoms with van der Waals surface area (Å²) in [6.07, 6.45) is 5.39. The maximum Gasteiger partial charge on any atom is 0.339 e. The van der Waals surface area contributed by atoms with E-state index in [2.05, 4.69) is 0 Å². The lowest BCUT2D eigenvalue weighted by Gasteiger charge is -2.25. The Kier molecular flexibility index (Phi) is 9.28. The zero-order valence-corrected chi connectivity index (χ0v) is 23.6. The molecule has 1 saturated carbocycles. The normalized spacial score (nSPS) is 14.0. The van der Waals surface area contributed by atoms with Gasteiger partial charge in [-0.25, -0.2) is 30.8 Å². The molecule has 3 aromatic carbocycles. The van der Waals surface area contributed by atoms with Crippen molar-refractivity contribution >= 4 is 33.3 Å². The second kappa shape index (κ2) is 12.6. The van der Waals surface area contributed by atoms with Crippen LogP contribution in [0, 0.1) is 30.2 Å². The molecule has 1 aliphatic carbocycles. The van der Waals surface area contributed by atoms with Crippen LogP contribution >= 0.6 is 0 Å². The van der Waals surface area contributed by atoms with E-state index in [4.69, 9.17) is 0 Å². The van der Waals surface area contributed by atoms with Crippen LogP contribution in [-0.4, -0.2) is 36.3 Å². The average Bonchev–Trinajstić information content (AvgIpc) is 2.98. The maximum absolute atomic E-state index is 15.0. The number of anilines is 2. The van der Waals surface area contributed by atoms with Crippen molar-refractivity contribution in [3.05, 3.63) is 88.0 Å². The average molecular weight is 627 g/mol. The van der Waals surface area contributed by atoms with Crippen LogP contribution < -0.4 is 9.43 Å². The van der Waals surface area contributed by atoms with Crippen molar-refractivity contribution in [2.75, 3.05) is 15.2 Å². The van der Waals surface area contributed by atoms with Gasteiger partial charge in [0.25, 0.3) is 10.0 Å². The minimum Gasteiger partial charge on any atom is -0.507 e. The van der Waals surface area contributed by atoms with Gasteiger partial charge in [0.15, 0.2) is 34.7 Å². The van der Waals surface area contributed by atoms with Crippen LogP contribution in [-0.2, 0) is 21.4 Å². The van der Waals surface area contributed by atoms with Gasteiger partial charge in [-0.3, -0.25) is 4.79 Å². The van der Waals surface area contributed by atoms with Gasteiger partial charge in [0.2, 0.25) is 5.91 Å². The Bertz CT molecular complexity index is 1630. The number of hydrogen-bond acceptors (Lipinski definition) is 5. The molecule has 0 saturated heterocycles. The number of carbonyl (C=O) groups is 2. The topological polar surface area (TPSA) is 115 Å². The molecule has 1 amide bonds. The molecular formula is C29H27F5N2O6S. The van der Waals surface area contributed by atoms with E-state index in [-0.39, 0.29) is 12.2 Å². The van der Waals surface area contributed by atoms with E-state index in [1.54, 1.807) is 12.1 Å². The third kappa shape index (κ3) is 6.58. The second-order valence-corrected chi connectivity index (χ2v) is 12.0. The van der Waals surface area contributed by atoms with Crippen LogP contribution in [0.3, 0.4) is 0 Å². The van der Waals surface area contributed by atoms with Crippen molar-refractivity contribution < 1.29 is 50.3 Å². The Morgan fingerprint density at radius 1 is 0.907 bits per heavy atom. The number of phenols is 1. The predicted octanol–water partition coefficient (Wildman–Crippen LogP) is 6.26. The van der Waals surface area contributed by atoms with Gasteiger partial charge in [0, 0.05) is 17.3 Å². The van der Waals surface area contributed by atoms with E-state index in [1.165, 1.54) is 0 Å². The van der Waals surface area contributed by atoms with Gasteiger partial charge in [0.1, 0.15) is 11.3 Å². The monoisotopic (exact) mass is 626 g/mol. The predicted molar refractivity (Wildman–Crippen MR) is 147 cm³/mol. The summed E-state index contributed by atoms with van der Waals surface area (Å²) < 4.78 is 95.7. The SMILES string of the molecule is Cc1c(F)c(F)c(N(F)S(=O)(=O)CC(=O)N(Cc2ccc(C3CCCCC3)cc2)c2ccc(C(=O)O)c(O)c2)c(F)c1F. The van der Waals surface area contributed by atoms with E-state index >= 15 is 0 Å². The molecule has 0 heterocycles. The van der Waals surface area contributed by atoms with Crippen LogP contribution in [0.5, 0.6) is 5.75 Å². The number of carbonyl (C=O) groups excluding carboxylic acids is 1. The third-order valence-corrected chi connectivity index (χ3v) is 8.69. The van der Waals surface area contributed by atoms with Gasteiger partial charge in [-0.1, -0.05) is 52.5 Å². The first-order valence-electron chi connectivity index (χ1n) is 13.2. The fourth-order valence-electron chi connectivity index (χ4n) is 5.02. The van der Waals surface area contributed by atoms with Crippen molar-refractivity contribution in [1.29, 1.82) is 0 Å². The minimum absolute atomic E-state index is 0.186. The number of nitrogens with zero attached hydrogens (tertiary/aromatic N) is 2. The molecule has 2 N–H and O–H groups in total. The standard InChI is InChI=1S/C29H27F5N2O6S/c1-16-24(30)26(32)28(27(33)25(16)31)36(34)43(41,42)15-23(38)35(20-11-12-21(29(39)40)22(37)13-20)14-17-7-9-19(10-8-17)18-5-3-2-4-6-18/h7-13,18,37H,2-6,14-15H2,1H3,(H,39,40). The van der Waals surface area contributed by atoms with Crippen LogP contribution in [0.2, 0.25) is 0 Å². The molecule has 1 fully saturated rings. The molecule has 43 heavy (non-hydrogen) atoms. The molecule has 0 spiro atoms. The molecule has 0 bridgehead atoms. The highest BCUT2D eigenvalue weighted by atomic mass is 32.2. The van der Waals surface area contributed by atoms with E-state index < -0.39 is 78.0 Å². The van der Waals surface area contributed by atoms with Gasteiger partial charge in [0.05, 0.1) is 6.54 Å². The molecule has 0 radical (unpaired) electrons. The number of sulfonamides is 1. The van der Waals surface area contributed by atoms with Crippen molar-refractivity contribution in [3.63, 3.8) is 0 Å². The smallest absolute Gasteiger partial charge is 0.339 e. The van der Waals surface area contributed by atoms with Gasteiger partial charge < -0.3 is 15.1 Å². The summed E-state index contributed by atoms with van der Waals surface area (Å²) in [6.45, 7) is 0.319. The van der Waals surface area contributed by atoms with E-state index in [1.807, 2.05) is 12.1 Å². The molecule has 0 aliphatic heterocycles. The van der Waals surface area contributed by atoms with Gasteiger partial charge in [-0.2, -0.15) is 0 Å². The number of rotatable bonds is 9. The first-order valence-corrected chi connectivity index (χ1v) is 14.8. The van der Waals surface area contributed by atoms with Crippen molar-refractivity contribution in [3.8, 4) is 5.75 Å². The summed E-state index contributed by atoms with van der Waals surface area (Å²) in [5.74, 6) is -13.7. The Balaban J connectivity index is 1.67. The van der Waals surface area contributed by atoms with Crippen LogP contribution in [0.1, 0.15) is 65.1 Å². The van der Waals surface area contributed by atoms with Crippen LogP contribution in [0.4, 0.5) is 33.4 Å². The number of carboxylic acid groups (broad SMARTS) is 1. The minimum atomic E-state index is -5.60. The highest BCUT2D eigenvalue weighted by Crippen LogP contribution is 2.35. The van der Waals surface area contributed by atoms with E-state index in [0.717, 1.165) is 60.8 Å². The van der Waals surface area contributed by atoms with Crippen molar-refractivity contribution in [2.45, 2.75) is 51.5 Å².